The number of rotatable bonds is 3. The van der Waals surface area contributed by atoms with Gasteiger partial charge >= 0.3 is 0 Å². The maximum Gasteiger partial charge on any atom is 0.253 e. The van der Waals surface area contributed by atoms with Crippen LogP contribution in [0, 0.1) is 0 Å². The van der Waals surface area contributed by atoms with Crippen LogP contribution in [0.5, 0.6) is 0 Å². The molecule has 2 heterocycles. The Kier molecular flexibility index (Phi) is 4.55. The number of hydrogen-bond donors (Lipinski definition) is 2. The summed E-state index contributed by atoms with van der Waals surface area (Å²) in [5, 5.41) is 4.83. The highest BCUT2D eigenvalue weighted by molar-refractivity contribution is 5.99. The number of piperidine rings is 1. The zero-order chi connectivity index (χ0) is 18.9. The minimum Gasteiger partial charge on any atom is -0.381 e. The van der Waals surface area contributed by atoms with Crippen LogP contribution in [0.2, 0.25) is 0 Å². The highest BCUT2D eigenvalue weighted by atomic mass is 16.2. The van der Waals surface area contributed by atoms with Gasteiger partial charge in [-0.2, -0.15) is 0 Å². The first kappa shape index (κ1) is 17.4. The van der Waals surface area contributed by atoms with Crippen LogP contribution in [0.25, 0.3) is 10.9 Å². The Labute approximate surface area is 165 Å². The number of amides is 1. The molecular weight excluding hydrogens is 346 g/mol. The lowest BCUT2D eigenvalue weighted by Gasteiger charge is -2.33. The number of anilines is 1. The molecule has 1 amide bonds. The summed E-state index contributed by atoms with van der Waals surface area (Å²) < 4.78 is 0. The van der Waals surface area contributed by atoms with Crippen molar-refractivity contribution in [3.05, 3.63) is 65.4 Å². The molecule has 1 fully saturated rings. The highest BCUT2D eigenvalue weighted by Gasteiger charge is 2.25. The van der Waals surface area contributed by atoms with Crippen LogP contribution >= 0.6 is 0 Å². The number of likely N-dealkylation sites (tertiary alicyclic amines) is 1. The zero-order valence-corrected chi connectivity index (χ0v) is 16.2. The topological polar surface area (TPSA) is 48.1 Å². The number of nitrogens with zero attached hydrogens (tertiary/aromatic N) is 1. The van der Waals surface area contributed by atoms with E-state index in [9.17, 15) is 4.79 Å². The normalized spacial score (nSPS) is 19.4. The monoisotopic (exact) mass is 373 g/mol. The van der Waals surface area contributed by atoms with Gasteiger partial charge in [0.05, 0.1) is 0 Å². The molecular formula is C24H27N3O. The minimum atomic E-state index is 0.159. The average molecular weight is 374 g/mol. The van der Waals surface area contributed by atoms with Gasteiger partial charge in [0.15, 0.2) is 0 Å². The van der Waals surface area contributed by atoms with Crippen LogP contribution in [0.15, 0.2) is 48.5 Å². The molecule has 1 atom stereocenters. The Morgan fingerprint density at radius 1 is 1.04 bits per heavy atom. The lowest BCUT2D eigenvalue weighted by molar-refractivity contribution is 0.0715. The Bertz CT molecular complexity index is 992. The Hall–Kier alpha value is -2.75. The van der Waals surface area contributed by atoms with Crippen molar-refractivity contribution in [3.8, 4) is 0 Å². The van der Waals surface area contributed by atoms with Crippen molar-refractivity contribution in [2.45, 2.75) is 44.6 Å². The van der Waals surface area contributed by atoms with Crippen LogP contribution in [0.3, 0.4) is 0 Å². The summed E-state index contributed by atoms with van der Waals surface area (Å²) in [5.41, 5.74) is 5.92. The number of hydrogen-bond acceptors (Lipinski definition) is 2. The molecule has 144 valence electrons. The third kappa shape index (κ3) is 3.28. The molecule has 0 radical (unpaired) electrons. The molecule has 0 bridgehead atoms. The molecule has 2 aliphatic rings. The van der Waals surface area contributed by atoms with Gasteiger partial charge in [-0.15, -0.1) is 0 Å². The highest BCUT2D eigenvalue weighted by Crippen LogP contribution is 2.30. The summed E-state index contributed by atoms with van der Waals surface area (Å²) >= 11 is 0. The second-order valence-corrected chi connectivity index (χ2v) is 8.15. The van der Waals surface area contributed by atoms with Gasteiger partial charge in [-0.25, -0.2) is 0 Å². The fraction of sp³-hybridized carbons (Fsp3) is 0.375. The van der Waals surface area contributed by atoms with Gasteiger partial charge in [0, 0.05) is 47.0 Å². The number of aryl methyl sites for hydroxylation is 2. The van der Waals surface area contributed by atoms with Gasteiger partial charge in [0.2, 0.25) is 0 Å². The van der Waals surface area contributed by atoms with Crippen molar-refractivity contribution in [2.24, 2.45) is 0 Å². The van der Waals surface area contributed by atoms with E-state index in [1.807, 2.05) is 29.2 Å². The minimum absolute atomic E-state index is 0.159. The number of aromatic amines is 1. The van der Waals surface area contributed by atoms with Crippen molar-refractivity contribution in [2.75, 3.05) is 18.4 Å². The van der Waals surface area contributed by atoms with E-state index in [0.717, 1.165) is 50.0 Å². The van der Waals surface area contributed by atoms with E-state index in [4.69, 9.17) is 0 Å². The first-order valence-corrected chi connectivity index (χ1v) is 10.5. The molecule has 1 saturated heterocycles. The number of aromatic nitrogens is 1. The van der Waals surface area contributed by atoms with E-state index in [1.54, 1.807) is 0 Å². The number of carbonyl (C=O) groups is 1. The number of benzene rings is 2. The van der Waals surface area contributed by atoms with Crippen LogP contribution in [0.1, 0.15) is 47.3 Å². The van der Waals surface area contributed by atoms with Crippen molar-refractivity contribution in [1.29, 1.82) is 0 Å². The molecule has 2 aromatic carbocycles. The maximum absolute atomic E-state index is 13.2. The third-order valence-corrected chi connectivity index (χ3v) is 6.20. The third-order valence-electron chi connectivity index (χ3n) is 6.20. The van der Waals surface area contributed by atoms with Gasteiger partial charge < -0.3 is 15.2 Å². The second-order valence-electron chi connectivity index (χ2n) is 8.15. The van der Waals surface area contributed by atoms with Gasteiger partial charge in [0.25, 0.3) is 5.91 Å². The number of H-pyrrole nitrogens is 1. The van der Waals surface area contributed by atoms with Gasteiger partial charge in [-0.1, -0.05) is 18.2 Å². The van der Waals surface area contributed by atoms with E-state index in [1.165, 1.54) is 35.0 Å². The van der Waals surface area contributed by atoms with Crippen molar-refractivity contribution in [3.63, 3.8) is 0 Å². The lowest BCUT2D eigenvalue weighted by atomic mass is 9.95. The van der Waals surface area contributed by atoms with Crippen molar-refractivity contribution >= 4 is 22.5 Å². The fourth-order valence-corrected chi connectivity index (χ4v) is 4.77. The van der Waals surface area contributed by atoms with Gasteiger partial charge in [0.1, 0.15) is 0 Å². The summed E-state index contributed by atoms with van der Waals surface area (Å²) in [7, 11) is 0. The number of nitrogens with one attached hydrogen (secondary N) is 2. The summed E-state index contributed by atoms with van der Waals surface area (Å²) in [5.74, 6) is 0.159. The second kappa shape index (κ2) is 7.34. The Morgan fingerprint density at radius 2 is 1.89 bits per heavy atom. The average Bonchev–Trinajstić information content (AvgIpc) is 3.12. The Morgan fingerprint density at radius 3 is 2.79 bits per heavy atom. The van der Waals surface area contributed by atoms with E-state index in [2.05, 4.69) is 34.6 Å². The quantitative estimate of drug-likeness (QED) is 0.695. The van der Waals surface area contributed by atoms with Gasteiger partial charge in [-0.3, -0.25) is 4.79 Å². The van der Waals surface area contributed by atoms with E-state index >= 15 is 0 Å². The van der Waals surface area contributed by atoms with Crippen LogP contribution in [-0.2, 0) is 12.8 Å². The van der Waals surface area contributed by atoms with E-state index in [0.29, 0.717) is 6.04 Å². The molecule has 1 aliphatic heterocycles. The van der Waals surface area contributed by atoms with Crippen LogP contribution in [-0.4, -0.2) is 34.9 Å². The number of carbonyl (C=O) groups excluding carboxylic acids is 1. The molecule has 5 rings (SSSR count). The smallest absolute Gasteiger partial charge is 0.253 e. The number of para-hydroxylation sites is 1. The molecule has 0 spiro atoms. The predicted octanol–water partition coefficient (Wildman–Crippen LogP) is 4.76. The molecule has 1 unspecified atom stereocenters. The van der Waals surface area contributed by atoms with E-state index in [-0.39, 0.29) is 5.91 Å². The summed E-state index contributed by atoms with van der Waals surface area (Å²) in [6.07, 6.45) is 6.90. The molecule has 1 aromatic heterocycles. The van der Waals surface area contributed by atoms with Gasteiger partial charge in [-0.05, 0) is 74.4 Å². The Balaban J connectivity index is 1.35. The summed E-state index contributed by atoms with van der Waals surface area (Å²) in [6.45, 7) is 1.60. The summed E-state index contributed by atoms with van der Waals surface area (Å²) in [6, 6.07) is 16.8. The summed E-state index contributed by atoms with van der Waals surface area (Å²) in [4.78, 5) is 18.8. The first-order chi connectivity index (χ1) is 13.8. The largest absolute Gasteiger partial charge is 0.381 e. The van der Waals surface area contributed by atoms with Crippen LogP contribution in [0.4, 0.5) is 5.69 Å². The maximum atomic E-state index is 13.2. The molecule has 2 N–H and O–H groups in total. The molecule has 4 heteroatoms. The molecule has 0 saturated carbocycles. The molecule has 28 heavy (non-hydrogen) atoms. The zero-order valence-electron chi connectivity index (χ0n) is 16.2. The van der Waals surface area contributed by atoms with Crippen LogP contribution < -0.4 is 5.32 Å². The van der Waals surface area contributed by atoms with E-state index < -0.39 is 0 Å². The fourth-order valence-electron chi connectivity index (χ4n) is 4.77. The van der Waals surface area contributed by atoms with Crippen molar-refractivity contribution in [1.82, 2.24) is 9.88 Å². The molecule has 1 aliphatic carbocycles. The predicted molar refractivity (Wildman–Crippen MR) is 114 cm³/mol. The standard InChI is InChI=1S/C24H27N3O/c28-24(27-14-6-9-19(16-27)25-18-7-2-1-3-8-18)17-12-13-23-21(15-17)20-10-4-5-11-22(20)26-23/h1-3,7-8,12-13,15,19,25-26H,4-6,9-11,14,16H2. The van der Waals surface area contributed by atoms with Crippen molar-refractivity contribution < 1.29 is 4.79 Å². The lowest BCUT2D eigenvalue weighted by Crippen LogP contribution is -2.45. The first-order valence-electron chi connectivity index (χ1n) is 10.5. The molecule has 4 nitrogen and oxygen atoms in total. The SMILES string of the molecule is O=C(c1ccc2[nH]c3c(c2c1)CCCC3)N1CCCC(Nc2ccccc2)C1. The number of fused-ring (bicyclic) bond motifs is 3. The molecule has 3 aromatic rings.